The highest BCUT2D eigenvalue weighted by Crippen LogP contribution is 2.16. The van der Waals surface area contributed by atoms with E-state index in [9.17, 15) is 14.4 Å². The van der Waals surface area contributed by atoms with Gasteiger partial charge in [-0.2, -0.15) is 11.8 Å². The van der Waals surface area contributed by atoms with E-state index in [4.69, 9.17) is 10.8 Å². The predicted molar refractivity (Wildman–Crippen MR) is 71.9 cm³/mol. The SMILES string of the molecule is NC(=O)CC[C@H](NC(=O)NC1CCSCC1)C(=O)O. The van der Waals surface area contributed by atoms with E-state index in [1.807, 2.05) is 11.8 Å². The summed E-state index contributed by atoms with van der Waals surface area (Å²) in [6, 6.07) is -1.51. The molecule has 0 aliphatic carbocycles. The molecular weight excluding hydrogens is 270 g/mol. The lowest BCUT2D eigenvalue weighted by Crippen LogP contribution is -2.49. The highest BCUT2D eigenvalue weighted by Gasteiger charge is 2.22. The normalized spacial score (nSPS) is 17.5. The number of hydrogen-bond donors (Lipinski definition) is 4. The van der Waals surface area contributed by atoms with Gasteiger partial charge in [0.1, 0.15) is 6.04 Å². The van der Waals surface area contributed by atoms with E-state index < -0.39 is 23.9 Å². The zero-order valence-corrected chi connectivity index (χ0v) is 11.4. The molecule has 3 amide bonds. The highest BCUT2D eigenvalue weighted by atomic mass is 32.2. The van der Waals surface area contributed by atoms with Crippen LogP contribution in [0.5, 0.6) is 0 Å². The van der Waals surface area contributed by atoms with E-state index in [1.54, 1.807) is 0 Å². The summed E-state index contributed by atoms with van der Waals surface area (Å²) in [4.78, 5) is 33.2. The Bertz CT molecular complexity index is 345. The van der Waals surface area contributed by atoms with Crippen LogP contribution in [-0.4, -0.2) is 46.6 Å². The minimum absolute atomic E-state index is 0.00138. The summed E-state index contributed by atoms with van der Waals surface area (Å²) in [5.74, 6) is 0.234. The number of carboxylic acid groups (broad SMARTS) is 1. The molecule has 1 atom stereocenters. The Morgan fingerprint density at radius 3 is 2.47 bits per heavy atom. The van der Waals surface area contributed by atoms with Crippen LogP contribution in [0.15, 0.2) is 0 Å². The number of hydrogen-bond acceptors (Lipinski definition) is 4. The van der Waals surface area contributed by atoms with Crippen LogP contribution in [0.3, 0.4) is 0 Å². The Morgan fingerprint density at radius 2 is 1.95 bits per heavy atom. The van der Waals surface area contributed by atoms with Crippen LogP contribution in [0.2, 0.25) is 0 Å². The van der Waals surface area contributed by atoms with Crippen molar-refractivity contribution in [2.75, 3.05) is 11.5 Å². The molecule has 0 radical (unpaired) electrons. The first kappa shape index (κ1) is 15.6. The Labute approximate surface area is 115 Å². The number of nitrogens with two attached hydrogens (primary N) is 1. The molecule has 1 saturated heterocycles. The van der Waals surface area contributed by atoms with E-state index >= 15 is 0 Å². The molecule has 0 aromatic rings. The molecule has 0 spiro atoms. The van der Waals surface area contributed by atoms with Gasteiger partial charge in [-0.3, -0.25) is 4.79 Å². The molecule has 1 aliphatic rings. The molecule has 0 saturated carbocycles. The van der Waals surface area contributed by atoms with Gasteiger partial charge in [0.25, 0.3) is 0 Å². The van der Waals surface area contributed by atoms with E-state index in [0.29, 0.717) is 0 Å². The molecule has 1 heterocycles. The van der Waals surface area contributed by atoms with Gasteiger partial charge in [-0.25, -0.2) is 9.59 Å². The minimum Gasteiger partial charge on any atom is -0.480 e. The summed E-state index contributed by atoms with van der Waals surface area (Å²) < 4.78 is 0. The van der Waals surface area contributed by atoms with Gasteiger partial charge < -0.3 is 21.5 Å². The summed E-state index contributed by atoms with van der Waals surface area (Å²) in [7, 11) is 0. The molecule has 7 nitrogen and oxygen atoms in total. The van der Waals surface area contributed by atoms with Gasteiger partial charge in [0.2, 0.25) is 5.91 Å². The Morgan fingerprint density at radius 1 is 1.32 bits per heavy atom. The Hall–Kier alpha value is -1.44. The fourth-order valence-electron chi connectivity index (χ4n) is 1.77. The monoisotopic (exact) mass is 289 g/mol. The summed E-state index contributed by atoms with van der Waals surface area (Å²) in [5.41, 5.74) is 4.96. The maximum Gasteiger partial charge on any atom is 0.326 e. The quantitative estimate of drug-likeness (QED) is 0.544. The molecule has 0 bridgehead atoms. The molecule has 1 rings (SSSR count). The van der Waals surface area contributed by atoms with Gasteiger partial charge in [0.15, 0.2) is 0 Å². The van der Waals surface area contributed by atoms with Crippen molar-refractivity contribution in [3.05, 3.63) is 0 Å². The van der Waals surface area contributed by atoms with Crippen molar-refractivity contribution < 1.29 is 19.5 Å². The van der Waals surface area contributed by atoms with Gasteiger partial charge in [-0.05, 0) is 30.8 Å². The minimum atomic E-state index is -1.17. The predicted octanol–water partition coefficient (Wildman–Crippen LogP) is -0.100. The van der Waals surface area contributed by atoms with Crippen LogP contribution in [0.1, 0.15) is 25.7 Å². The number of nitrogens with one attached hydrogen (secondary N) is 2. The number of aliphatic carboxylic acids is 1. The average Bonchev–Trinajstić information content (AvgIpc) is 2.35. The van der Waals surface area contributed by atoms with Crippen LogP contribution in [0.25, 0.3) is 0 Å². The van der Waals surface area contributed by atoms with Crippen LogP contribution in [-0.2, 0) is 9.59 Å². The fourth-order valence-corrected chi connectivity index (χ4v) is 2.88. The third-order valence-corrected chi connectivity index (χ3v) is 3.89. The van der Waals surface area contributed by atoms with Crippen molar-refractivity contribution in [2.24, 2.45) is 5.73 Å². The molecule has 0 unspecified atom stereocenters. The first-order valence-electron chi connectivity index (χ1n) is 6.15. The van der Waals surface area contributed by atoms with Gasteiger partial charge in [0.05, 0.1) is 0 Å². The number of thioether (sulfide) groups is 1. The fraction of sp³-hybridized carbons (Fsp3) is 0.727. The van der Waals surface area contributed by atoms with Crippen molar-refractivity contribution in [1.82, 2.24) is 10.6 Å². The number of carboxylic acids is 1. The maximum atomic E-state index is 11.7. The van der Waals surface area contributed by atoms with Crippen molar-refractivity contribution in [2.45, 2.75) is 37.8 Å². The number of amides is 3. The molecule has 5 N–H and O–H groups in total. The second-order valence-electron chi connectivity index (χ2n) is 4.40. The van der Waals surface area contributed by atoms with Crippen LogP contribution in [0, 0.1) is 0 Å². The topological polar surface area (TPSA) is 122 Å². The lowest BCUT2D eigenvalue weighted by molar-refractivity contribution is -0.139. The van der Waals surface area contributed by atoms with Crippen molar-refractivity contribution in [3.8, 4) is 0 Å². The van der Waals surface area contributed by atoms with Crippen LogP contribution >= 0.6 is 11.8 Å². The summed E-state index contributed by atoms with van der Waals surface area (Å²) in [6.45, 7) is 0. The second kappa shape index (κ2) is 7.88. The molecular formula is C11H19N3O4S. The second-order valence-corrected chi connectivity index (χ2v) is 5.63. The first-order valence-corrected chi connectivity index (χ1v) is 7.30. The summed E-state index contributed by atoms with van der Waals surface area (Å²) in [6.07, 6.45) is 1.70. The molecule has 0 aromatic heterocycles. The van der Waals surface area contributed by atoms with E-state index in [-0.39, 0.29) is 18.9 Å². The smallest absolute Gasteiger partial charge is 0.326 e. The molecule has 108 valence electrons. The number of carbonyl (C=O) groups excluding carboxylic acids is 2. The highest BCUT2D eigenvalue weighted by molar-refractivity contribution is 7.99. The lowest BCUT2D eigenvalue weighted by Gasteiger charge is -2.23. The van der Waals surface area contributed by atoms with E-state index in [1.165, 1.54) is 0 Å². The van der Waals surface area contributed by atoms with Gasteiger partial charge in [0, 0.05) is 12.5 Å². The van der Waals surface area contributed by atoms with Crippen molar-refractivity contribution in [1.29, 1.82) is 0 Å². The third kappa shape index (κ3) is 6.32. The number of primary amides is 1. The number of carbonyl (C=O) groups is 3. The molecule has 0 aromatic carbocycles. The average molecular weight is 289 g/mol. The van der Waals surface area contributed by atoms with Crippen molar-refractivity contribution >= 4 is 29.7 Å². The molecule has 8 heteroatoms. The zero-order chi connectivity index (χ0) is 14.3. The maximum absolute atomic E-state index is 11.7. The van der Waals surface area contributed by atoms with Crippen molar-refractivity contribution in [3.63, 3.8) is 0 Å². The number of rotatable bonds is 6. The van der Waals surface area contributed by atoms with Gasteiger partial charge in [-0.15, -0.1) is 0 Å². The Balaban J connectivity index is 2.37. The molecule has 1 aliphatic heterocycles. The summed E-state index contributed by atoms with van der Waals surface area (Å²) in [5, 5.41) is 14.0. The standard InChI is InChI=1S/C11H19N3O4S/c12-9(15)2-1-8(10(16)17)14-11(18)13-7-3-5-19-6-4-7/h7-8H,1-6H2,(H2,12,15)(H,16,17)(H2,13,14,18)/t8-/m0/s1. The summed E-state index contributed by atoms with van der Waals surface area (Å²) >= 11 is 1.84. The van der Waals surface area contributed by atoms with E-state index in [0.717, 1.165) is 24.3 Å². The third-order valence-electron chi connectivity index (χ3n) is 2.84. The van der Waals surface area contributed by atoms with E-state index in [2.05, 4.69) is 10.6 Å². The van der Waals surface area contributed by atoms with Gasteiger partial charge >= 0.3 is 12.0 Å². The zero-order valence-electron chi connectivity index (χ0n) is 10.6. The largest absolute Gasteiger partial charge is 0.480 e. The van der Waals surface area contributed by atoms with Crippen LogP contribution in [0.4, 0.5) is 4.79 Å². The first-order chi connectivity index (χ1) is 8.99. The Kier molecular flexibility index (Phi) is 6.48. The number of urea groups is 1. The molecule has 1 fully saturated rings. The lowest BCUT2D eigenvalue weighted by atomic mass is 10.1. The molecule has 19 heavy (non-hydrogen) atoms. The van der Waals surface area contributed by atoms with Crippen LogP contribution < -0.4 is 16.4 Å². The van der Waals surface area contributed by atoms with Gasteiger partial charge in [-0.1, -0.05) is 0 Å².